The smallest absolute Gasteiger partial charge is 0.255 e. The van der Waals surface area contributed by atoms with Gasteiger partial charge in [0.25, 0.3) is 5.91 Å². The molecule has 0 saturated carbocycles. The van der Waals surface area contributed by atoms with Crippen molar-refractivity contribution in [3.05, 3.63) is 42.0 Å². The summed E-state index contributed by atoms with van der Waals surface area (Å²) < 4.78 is 0. The minimum Gasteiger partial charge on any atom is -0.506 e. The molecule has 0 saturated heterocycles. The largest absolute Gasteiger partial charge is 0.506 e. The highest BCUT2D eigenvalue weighted by molar-refractivity contribution is 6.03. The fraction of sp³-hybridized carbons (Fsp3) is 0.267. The number of aromatic hydroxyl groups is 1. The van der Waals surface area contributed by atoms with Crippen LogP contribution in [0.2, 0.25) is 0 Å². The van der Waals surface area contributed by atoms with Crippen LogP contribution < -0.4 is 10.6 Å². The Hall–Kier alpha value is -2.07. The van der Waals surface area contributed by atoms with Gasteiger partial charge in [-0.15, -0.1) is 0 Å². The van der Waals surface area contributed by atoms with Gasteiger partial charge in [-0.25, -0.2) is 0 Å². The maximum atomic E-state index is 12.0. The molecule has 0 spiro atoms. The van der Waals surface area contributed by atoms with E-state index in [4.69, 9.17) is 0 Å². The normalized spacial score (nSPS) is 12.3. The summed E-state index contributed by atoms with van der Waals surface area (Å²) in [4.78, 5) is 12.0. The van der Waals surface area contributed by atoms with Crippen molar-refractivity contribution in [2.75, 3.05) is 13.6 Å². The van der Waals surface area contributed by atoms with Crippen LogP contribution in [-0.2, 0) is 0 Å². The summed E-state index contributed by atoms with van der Waals surface area (Å²) in [5.41, 5.74) is 0.307. The van der Waals surface area contributed by atoms with Crippen molar-refractivity contribution >= 4 is 16.7 Å². The van der Waals surface area contributed by atoms with Crippen molar-refractivity contribution in [1.82, 2.24) is 10.6 Å². The van der Waals surface area contributed by atoms with Gasteiger partial charge in [0.15, 0.2) is 0 Å². The number of carbonyl (C=O) groups is 1. The second-order valence-electron chi connectivity index (χ2n) is 4.58. The van der Waals surface area contributed by atoms with E-state index >= 15 is 0 Å². The van der Waals surface area contributed by atoms with E-state index in [2.05, 4.69) is 10.6 Å². The molecule has 1 atom stereocenters. The second-order valence-corrected chi connectivity index (χ2v) is 4.58. The lowest BCUT2D eigenvalue weighted by atomic mass is 10.0. The molecule has 1 amide bonds. The first-order chi connectivity index (χ1) is 9.13. The van der Waals surface area contributed by atoms with E-state index < -0.39 is 0 Å². The number of likely N-dealkylation sites (N-methyl/N-ethyl adjacent to an activating group) is 1. The Bertz CT molecular complexity index is 596. The molecule has 0 aromatic heterocycles. The van der Waals surface area contributed by atoms with Gasteiger partial charge in [0.05, 0.1) is 5.56 Å². The zero-order valence-corrected chi connectivity index (χ0v) is 11.1. The Balaban J connectivity index is 2.25. The topological polar surface area (TPSA) is 61.4 Å². The average molecular weight is 258 g/mol. The quantitative estimate of drug-likeness (QED) is 0.784. The molecule has 0 aliphatic rings. The number of phenols is 1. The van der Waals surface area contributed by atoms with E-state index in [1.165, 1.54) is 0 Å². The molecule has 1 unspecified atom stereocenters. The van der Waals surface area contributed by atoms with Gasteiger partial charge in [-0.1, -0.05) is 30.3 Å². The van der Waals surface area contributed by atoms with Gasteiger partial charge in [-0.3, -0.25) is 4.79 Å². The Morgan fingerprint density at radius 3 is 2.74 bits per heavy atom. The molecular formula is C15H18N2O2. The lowest BCUT2D eigenvalue weighted by Gasteiger charge is -2.12. The minimum atomic E-state index is -0.259. The number of hydrogen-bond acceptors (Lipinski definition) is 3. The fourth-order valence-corrected chi connectivity index (χ4v) is 1.88. The number of carbonyl (C=O) groups excluding carboxylic acids is 1. The summed E-state index contributed by atoms with van der Waals surface area (Å²) in [7, 11) is 1.84. The number of phenolic OH excluding ortho intramolecular Hbond substituents is 1. The number of benzene rings is 2. The third kappa shape index (κ3) is 2.85. The molecule has 0 bridgehead atoms. The standard InChI is InChI=1S/C15H18N2O2/c1-10(16-2)9-17-15(19)13-8-7-11-5-3-4-6-12(11)14(13)18/h3-8,10,16,18H,9H2,1-2H3,(H,17,19). The minimum absolute atomic E-state index is 0.0349. The molecule has 4 heteroatoms. The van der Waals surface area contributed by atoms with Crippen LogP contribution >= 0.6 is 0 Å². The van der Waals surface area contributed by atoms with Crippen molar-refractivity contribution in [3.8, 4) is 5.75 Å². The van der Waals surface area contributed by atoms with Crippen LogP contribution in [0.3, 0.4) is 0 Å². The molecule has 0 fully saturated rings. The van der Waals surface area contributed by atoms with Crippen LogP contribution in [0.4, 0.5) is 0 Å². The molecule has 0 heterocycles. The number of fused-ring (bicyclic) bond motifs is 1. The lowest BCUT2D eigenvalue weighted by molar-refractivity contribution is 0.0948. The summed E-state index contributed by atoms with van der Waals surface area (Å²) in [6.45, 7) is 2.49. The molecule has 4 nitrogen and oxygen atoms in total. The Morgan fingerprint density at radius 1 is 1.26 bits per heavy atom. The Kier molecular flexibility index (Phi) is 4.02. The first-order valence-electron chi connectivity index (χ1n) is 6.29. The number of amides is 1. The fourth-order valence-electron chi connectivity index (χ4n) is 1.88. The molecule has 100 valence electrons. The van der Waals surface area contributed by atoms with E-state index in [0.29, 0.717) is 17.5 Å². The summed E-state index contributed by atoms with van der Waals surface area (Å²) in [5.74, 6) is -0.224. The number of rotatable bonds is 4. The predicted octanol–water partition coefficient (Wildman–Crippen LogP) is 1.88. The molecule has 2 rings (SSSR count). The lowest BCUT2D eigenvalue weighted by Crippen LogP contribution is -2.37. The van der Waals surface area contributed by atoms with E-state index in [-0.39, 0.29) is 17.7 Å². The van der Waals surface area contributed by atoms with E-state index in [9.17, 15) is 9.90 Å². The van der Waals surface area contributed by atoms with Crippen LogP contribution in [0, 0.1) is 0 Å². The van der Waals surface area contributed by atoms with E-state index in [1.807, 2.05) is 38.2 Å². The predicted molar refractivity (Wildman–Crippen MR) is 76.5 cm³/mol. The van der Waals surface area contributed by atoms with Crippen molar-refractivity contribution in [1.29, 1.82) is 0 Å². The molecule has 2 aromatic carbocycles. The highest BCUT2D eigenvalue weighted by atomic mass is 16.3. The maximum Gasteiger partial charge on any atom is 0.255 e. The van der Waals surface area contributed by atoms with Gasteiger partial charge in [0.2, 0.25) is 0 Å². The van der Waals surface area contributed by atoms with Crippen LogP contribution in [0.25, 0.3) is 10.8 Å². The highest BCUT2D eigenvalue weighted by Gasteiger charge is 2.13. The first-order valence-corrected chi connectivity index (χ1v) is 6.29. The van der Waals surface area contributed by atoms with Gasteiger partial charge in [0, 0.05) is 18.0 Å². The SMILES string of the molecule is CNC(C)CNC(=O)c1ccc2ccccc2c1O. The molecular weight excluding hydrogens is 240 g/mol. The van der Waals surface area contributed by atoms with Gasteiger partial charge in [-0.2, -0.15) is 0 Å². The van der Waals surface area contributed by atoms with Crippen LogP contribution in [0.5, 0.6) is 5.75 Å². The summed E-state index contributed by atoms with van der Waals surface area (Å²) in [5, 5.41) is 17.6. The summed E-state index contributed by atoms with van der Waals surface area (Å²) in [6.07, 6.45) is 0. The van der Waals surface area contributed by atoms with Gasteiger partial charge < -0.3 is 15.7 Å². The molecule has 0 aliphatic heterocycles. The zero-order chi connectivity index (χ0) is 13.8. The van der Waals surface area contributed by atoms with Crippen molar-refractivity contribution in [2.24, 2.45) is 0 Å². The van der Waals surface area contributed by atoms with Gasteiger partial charge in [0.1, 0.15) is 5.75 Å². The molecule has 2 aromatic rings. The Morgan fingerprint density at radius 2 is 2.00 bits per heavy atom. The maximum absolute atomic E-state index is 12.0. The van der Waals surface area contributed by atoms with Crippen LogP contribution in [-0.4, -0.2) is 30.6 Å². The summed E-state index contributed by atoms with van der Waals surface area (Å²) >= 11 is 0. The zero-order valence-electron chi connectivity index (χ0n) is 11.1. The van der Waals surface area contributed by atoms with Crippen molar-refractivity contribution in [2.45, 2.75) is 13.0 Å². The molecule has 3 N–H and O–H groups in total. The Labute approximate surface area is 112 Å². The molecule has 0 aliphatic carbocycles. The van der Waals surface area contributed by atoms with Crippen molar-refractivity contribution in [3.63, 3.8) is 0 Å². The van der Waals surface area contributed by atoms with Crippen LogP contribution in [0.15, 0.2) is 36.4 Å². The van der Waals surface area contributed by atoms with Crippen LogP contribution in [0.1, 0.15) is 17.3 Å². The second kappa shape index (κ2) is 5.71. The molecule has 0 radical (unpaired) electrons. The average Bonchev–Trinajstić information content (AvgIpc) is 2.45. The van der Waals surface area contributed by atoms with E-state index in [0.717, 1.165) is 5.39 Å². The van der Waals surface area contributed by atoms with Gasteiger partial charge in [-0.05, 0) is 25.4 Å². The number of hydrogen-bond donors (Lipinski definition) is 3. The van der Waals surface area contributed by atoms with E-state index in [1.54, 1.807) is 12.1 Å². The number of nitrogens with one attached hydrogen (secondary N) is 2. The monoisotopic (exact) mass is 258 g/mol. The first kappa shape index (κ1) is 13.4. The molecule has 19 heavy (non-hydrogen) atoms. The van der Waals surface area contributed by atoms with Gasteiger partial charge >= 0.3 is 0 Å². The van der Waals surface area contributed by atoms with Crippen molar-refractivity contribution < 1.29 is 9.90 Å². The highest BCUT2D eigenvalue weighted by Crippen LogP contribution is 2.28. The summed E-state index contributed by atoms with van der Waals surface area (Å²) in [6, 6.07) is 11.1. The third-order valence-electron chi connectivity index (χ3n) is 3.21. The third-order valence-corrected chi connectivity index (χ3v) is 3.21.